The lowest BCUT2D eigenvalue weighted by Gasteiger charge is -2.32. The molecular weight excluding hydrogens is 370 g/mol. The molecule has 1 aliphatic rings. The number of likely N-dealkylation sites (tertiary alicyclic amines) is 1. The molecule has 0 spiro atoms. The first kappa shape index (κ1) is 17.4. The minimum atomic E-state index is -0.689. The van der Waals surface area contributed by atoms with Gasteiger partial charge in [-0.25, -0.2) is 4.79 Å². The van der Waals surface area contributed by atoms with E-state index in [2.05, 4.69) is 20.1 Å². The van der Waals surface area contributed by atoms with Crippen molar-refractivity contribution in [2.45, 2.75) is 19.3 Å². The highest BCUT2D eigenvalue weighted by Crippen LogP contribution is 2.23. The number of aromatic amines is 2. The Balaban J connectivity index is 1.44. The van der Waals surface area contributed by atoms with Crippen LogP contribution in [-0.4, -0.2) is 44.0 Å². The Morgan fingerprint density at radius 2 is 2.26 bits per heavy atom. The lowest BCUT2D eigenvalue weighted by Crippen LogP contribution is -2.42. The van der Waals surface area contributed by atoms with Crippen molar-refractivity contribution in [3.8, 4) is 11.4 Å². The molecule has 10 heteroatoms. The first-order chi connectivity index (χ1) is 13.1. The van der Waals surface area contributed by atoms with Gasteiger partial charge >= 0.3 is 5.69 Å². The SMILES string of the molecule is O=C(c1cc(=O)[nH]c(=O)[nH]1)N1CCCC(Cc2nc(-c3ccsc3)no2)C1. The Morgan fingerprint density at radius 1 is 1.37 bits per heavy atom. The molecule has 3 aromatic heterocycles. The number of piperidine rings is 1. The van der Waals surface area contributed by atoms with Gasteiger partial charge in [0.15, 0.2) is 0 Å². The van der Waals surface area contributed by atoms with Crippen molar-refractivity contribution >= 4 is 17.2 Å². The molecule has 1 aliphatic heterocycles. The maximum Gasteiger partial charge on any atom is 0.326 e. The summed E-state index contributed by atoms with van der Waals surface area (Å²) in [6.45, 7) is 1.08. The highest BCUT2D eigenvalue weighted by molar-refractivity contribution is 7.08. The Hall–Kier alpha value is -3.01. The summed E-state index contributed by atoms with van der Waals surface area (Å²) in [7, 11) is 0. The summed E-state index contributed by atoms with van der Waals surface area (Å²) in [5.74, 6) is 0.927. The van der Waals surface area contributed by atoms with Crippen molar-refractivity contribution < 1.29 is 9.32 Å². The van der Waals surface area contributed by atoms with E-state index in [-0.39, 0.29) is 17.5 Å². The molecule has 1 unspecified atom stereocenters. The number of H-pyrrole nitrogens is 2. The topological polar surface area (TPSA) is 125 Å². The lowest BCUT2D eigenvalue weighted by atomic mass is 9.94. The van der Waals surface area contributed by atoms with Crippen LogP contribution >= 0.6 is 11.3 Å². The first-order valence-electron chi connectivity index (χ1n) is 8.56. The minimum Gasteiger partial charge on any atom is -0.339 e. The molecule has 1 saturated heterocycles. The van der Waals surface area contributed by atoms with Crippen LogP contribution in [0.4, 0.5) is 0 Å². The highest BCUT2D eigenvalue weighted by Gasteiger charge is 2.27. The van der Waals surface area contributed by atoms with Crippen molar-refractivity contribution in [3.63, 3.8) is 0 Å². The van der Waals surface area contributed by atoms with Gasteiger partial charge < -0.3 is 14.4 Å². The summed E-state index contributed by atoms with van der Waals surface area (Å²) in [6, 6.07) is 3.04. The summed E-state index contributed by atoms with van der Waals surface area (Å²) >= 11 is 1.57. The number of aromatic nitrogens is 4. The van der Waals surface area contributed by atoms with E-state index in [0.29, 0.717) is 31.2 Å². The average molecular weight is 387 g/mol. The van der Waals surface area contributed by atoms with Crippen LogP contribution in [0.25, 0.3) is 11.4 Å². The Morgan fingerprint density at radius 3 is 3.04 bits per heavy atom. The molecular formula is C17H17N5O4S. The van der Waals surface area contributed by atoms with Crippen molar-refractivity contribution in [3.05, 3.63) is 55.3 Å². The van der Waals surface area contributed by atoms with Gasteiger partial charge in [0.25, 0.3) is 11.5 Å². The summed E-state index contributed by atoms with van der Waals surface area (Å²) in [6.07, 6.45) is 2.34. The number of carbonyl (C=O) groups is 1. The highest BCUT2D eigenvalue weighted by atomic mass is 32.1. The Bertz CT molecular complexity index is 1020. The number of hydrogen-bond donors (Lipinski definition) is 2. The molecule has 27 heavy (non-hydrogen) atoms. The van der Waals surface area contributed by atoms with E-state index in [1.807, 2.05) is 16.8 Å². The third-order valence-corrected chi connectivity index (χ3v) is 5.19. The summed E-state index contributed by atoms with van der Waals surface area (Å²) in [4.78, 5) is 46.0. The fraction of sp³-hybridized carbons (Fsp3) is 0.353. The van der Waals surface area contributed by atoms with E-state index in [1.54, 1.807) is 16.2 Å². The molecule has 4 heterocycles. The quantitative estimate of drug-likeness (QED) is 0.694. The molecule has 140 valence electrons. The van der Waals surface area contributed by atoms with Gasteiger partial charge in [-0.3, -0.25) is 14.6 Å². The third-order valence-electron chi connectivity index (χ3n) is 4.51. The maximum absolute atomic E-state index is 12.6. The summed E-state index contributed by atoms with van der Waals surface area (Å²) in [5, 5.41) is 7.92. The van der Waals surface area contributed by atoms with Gasteiger partial charge in [-0.1, -0.05) is 5.16 Å². The van der Waals surface area contributed by atoms with Gasteiger partial charge in [-0.2, -0.15) is 16.3 Å². The number of nitrogens with one attached hydrogen (secondary N) is 2. The van der Waals surface area contributed by atoms with Crippen LogP contribution in [0.1, 0.15) is 29.2 Å². The number of hydrogen-bond acceptors (Lipinski definition) is 7. The van der Waals surface area contributed by atoms with Crippen LogP contribution in [0.2, 0.25) is 0 Å². The molecule has 9 nitrogen and oxygen atoms in total. The van der Waals surface area contributed by atoms with E-state index < -0.39 is 11.2 Å². The van der Waals surface area contributed by atoms with Crippen LogP contribution in [0, 0.1) is 5.92 Å². The van der Waals surface area contributed by atoms with Crippen molar-refractivity contribution in [1.29, 1.82) is 0 Å². The van der Waals surface area contributed by atoms with E-state index in [9.17, 15) is 14.4 Å². The number of nitrogens with zero attached hydrogens (tertiary/aromatic N) is 3. The molecule has 4 rings (SSSR count). The average Bonchev–Trinajstić information content (AvgIpc) is 3.32. The van der Waals surface area contributed by atoms with Crippen LogP contribution in [-0.2, 0) is 6.42 Å². The smallest absolute Gasteiger partial charge is 0.326 e. The largest absolute Gasteiger partial charge is 0.339 e. The Labute approximate surface area is 157 Å². The van der Waals surface area contributed by atoms with Gasteiger partial charge in [0, 0.05) is 36.5 Å². The number of thiophene rings is 1. The van der Waals surface area contributed by atoms with E-state index >= 15 is 0 Å². The third kappa shape index (κ3) is 3.90. The lowest BCUT2D eigenvalue weighted by molar-refractivity contribution is 0.0661. The Kier molecular flexibility index (Phi) is 4.71. The fourth-order valence-electron chi connectivity index (χ4n) is 3.26. The molecule has 1 amide bonds. The molecule has 1 atom stereocenters. The molecule has 0 aliphatic carbocycles. The second-order valence-corrected chi connectivity index (χ2v) is 7.27. The van der Waals surface area contributed by atoms with Gasteiger partial charge in [0.05, 0.1) is 0 Å². The monoisotopic (exact) mass is 387 g/mol. The maximum atomic E-state index is 12.6. The number of carbonyl (C=O) groups excluding carboxylic acids is 1. The van der Waals surface area contributed by atoms with Crippen molar-refractivity contribution in [1.82, 2.24) is 25.0 Å². The molecule has 3 aromatic rings. The zero-order chi connectivity index (χ0) is 18.8. The van der Waals surface area contributed by atoms with Crippen LogP contribution in [0.15, 0.2) is 37.0 Å². The van der Waals surface area contributed by atoms with E-state index in [0.717, 1.165) is 24.5 Å². The molecule has 0 radical (unpaired) electrons. The molecule has 0 saturated carbocycles. The predicted molar refractivity (Wildman–Crippen MR) is 97.6 cm³/mol. The molecule has 2 N–H and O–H groups in total. The second kappa shape index (κ2) is 7.31. The first-order valence-corrected chi connectivity index (χ1v) is 9.51. The number of amides is 1. The standard InChI is InChI=1S/C17H17N5O4S/c23-13-7-12(18-17(25)19-13)16(24)22-4-1-2-10(8-22)6-14-20-15(21-26-14)11-3-5-27-9-11/h3,5,7,9-10H,1-2,4,6,8H2,(H2,18,19,23,25). The molecule has 1 fully saturated rings. The molecule has 0 aromatic carbocycles. The molecule has 0 bridgehead atoms. The van der Waals surface area contributed by atoms with Crippen LogP contribution in [0.5, 0.6) is 0 Å². The van der Waals surface area contributed by atoms with Gasteiger partial charge in [-0.05, 0) is 30.2 Å². The zero-order valence-electron chi connectivity index (χ0n) is 14.3. The van der Waals surface area contributed by atoms with Crippen LogP contribution in [0.3, 0.4) is 0 Å². The van der Waals surface area contributed by atoms with E-state index in [4.69, 9.17) is 4.52 Å². The second-order valence-electron chi connectivity index (χ2n) is 6.49. The minimum absolute atomic E-state index is 0.00179. The van der Waals surface area contributed by atoms with Crippen LogP contribution < -0.4 is 11.2 Å². The van der Waals surface area contributed by atoms with Crippen molar-refractivity contribution in [2.24, 2.45) is 5.92 Å². The summed E-state index contributed by atoms with van der Waals surface area (Å²) in [5.41, 5.74) is -0.357. The zero-order valence-corrected chi connectivity index (χ0v) is 15.1. The van der Waals surface area contributed by atoms with Gasteiger partial charge in [0.1, 0.15) is 5.69 Å². The van der Waals surface area contributed by atoms with Gasteiger partial charge in [-0.15, -0.1) is 0 Å². The summed E-state index contributed by atoms with van der Waals surface area (Å²) < 4.78 is 5.35. The number of rotatable bonds is 4. The fourth-order valence-corrected chi connectivity index (χ4v) is 3.90. The van der Waals surface area contributed by atoms with Gasteiger partial charge in [0.2, 0.25) is 11.7 Å². The van der Waals surface area contributed by atoms with Crippen molar-refractivity contribution in [2.75, 3.05) is 13.1 Å². The normalized spacial score (nSPS) is 17.2. The van der Waals surface area contributed by atoms with E-state index in [1.165, 1.54) is 0 Å². The predicted octanol–water partition coefficient (Wildman–Crippen LogP) is 1.27.